The summed E-state index contributed by atoms with van der Waals surface area (Å²) in [5.74, 6) is 0.132. The minimum atomic E-state index is -3.69. The molecule has 0 aliphatic carbocycles. The van der Waals surface area contributed by atoms with Gasteiger partial charge in [0.1, 0.15) is 5.75 Å². The van der Waals surface area contributed by atoms with Crippen LogP contribution in [-0.4, -0.2) is 38.8 Å². The number of hydrogen-bond acceptors (Lipinski definition) is 4. The smallest absolute Gasteiger partial charge is 0.243 e. The van der Waals surface area contributed by atoms with Gasteiger partial charge in [0, 0.05) is 29.2 Å². The normalized spacial score (nSPS) is 15.5. The number of sulfonamides is 1. The van der Waals surface area contributed by atoms with E-state index in [9.17, 15) is 13.2 Å². The van der Waals surface area contributed by atoms with Gasteiger partial charge in [-0.2, -0.15) is 4.31 Å². The molecule has 0 bridgehead atoms. The fourth-order valence-corrected chi connectivity index (χ4v) is 6.36. The number of rotatable bonds is 7. The first-order chi connectivity index (χ1) is 15.2. The van der Waals surface area contributed by atoms with Gasteiger partial charge in [0.2, 0.25) is 15.9 Å². The van der Waals surface area contributed by atoms with Crippen LogP contribution in [0.2, 0.25) is 5.02 Å². The molecule has 1 aliphatic rings. The Morgan fingerprint density at radius 2 is 1.75 bits per heavy atom. The Labute approximate surface area is 203 Å². The highest BCUT2D eigenvalue weighted by Gasteiger charge is 2.32. The van der Waals surface area contributed by atoms with Crippen LogP contribution in [0.3, 0.4) is 0 Å². The lowest BCUT2D eigenvalue weighted by molar-refractivity contribution is -0.120. The zero-order valence-corrected chi connectivity index (χ0v) is 21.6. The molecular weight excluding hydrogens is 516 g/mol. The van der Waals surface area contributed by atoms with Gasteiger partial charge in [0.25, 0.3) is 0 Å². The Hall–Kier alpha value is -1.61. The Balaban J connectivity index is 1.69. The van der Waals surface area contributed by atoms with E-state index in [1.54, 1.807) is 6.07 Å². The van der Waals surface area contributed by atoms with Crippen molar-refractivity contribution in [3.63, 3.8) is 0 Å². The molecule has 32 heavy (non-hydrogen) atoms. The third kappa shape index (κ3) is 5.30. The maximum Gasteiger partial charge on any atom is 0.243 e. The molecule has 3 rings (SSSR count). The molecule has 1 heterocycles. The summed E-state index contributed by atoms with van der Waals surface area (Å²) in [6.07, 6.45) is 2.55. The third-order valence-corrected chi connectivity index (χ3v) is 8.51. The van der Waals surface area contributed by atoms with Crippen LogP contribution in [0.15, 0.2) is 39.7 Å². The van der Waals surface area contributed by atoms with E-state index in [1.807, 2.05) is 12.1 Å². The van der Waals surface area contributed by atoms with Crippen molar-refractivity contribution in [2.75, 3.05) is 25.5 Å². The van der Waals surface area contributed by atoms with E-state index in [-0.39, 0.29) is 34.8 Å². The maximum absolute atomic E-state index is 13.0. The summed E-state index contributed by atoms with van der Waals surface area (Å²) in [5, 5.41) is 3.37. The average molecular weight is 544 g/mol. The van der Waals surface area contributed by atoms with Gasteiger partial charge in [-0.15, -0.1) is 0 Å². The van der Waals surface area contributed by atoms with Gasteiger partial charge in [0.15, 0.2) is 0 Å². The Kier molecular flexibility index (Phi) is 8.25. The second-order valence-electron chi connectivity index (χ2n) is 7.77. The lowest BCUT2D eigenvalue weighted by atomic mass is 9.96. The number of anilines is 1. The molecule has 2 aromatic rings. The Bertz CT molecular complexity index is 1070. The molecule has 0 aromatic heterocycles. The first-order valence-electron chi connectivity index (χ1n) is 10.7. The van der Waals surface area contributed by atoms with Gasteiger partial charge in [0.05, 0.1) is 17.0 Å². The molecule has 9 heteroatoms. The maximum atomic E-state index is 13.0. The summed E-state index contributed by atoms with van der Waals surface area (Å²) in [6, 6.07) is 8.50. The van der Waals surface area contributed by atoms with Crippen LogP contribution in [-0.2, 0) is 27.7 Å². The number of benzene rings is 2. The lowest BCUT2D eigenvalue weighted by Gasteiger charge is -2.31. The molecule has 0 spiro atoms. The fraction of sp³-hybridized carbons (Fsp3) is 0.435. The van der Waals surface area contributed by atoms with Gasteiger partial charge >= 0.3 is 0 Å². The molecule has 1 fully saturated rings. The van der Waals surface area contributed by atoms with Crippen molar-refractivity contribution < 1.29 is 17.9 Å². The largest absolute Gasteiger partial charge is 0.495 e. The number of piperidine rings is 1. The predicted octanol–water partition coefficient (Wildman–Crippen LogP) is 5.28. The topological polar surface area (TPSA) is 75.7 Å². The summed E-state index contributed by atoms with van der Waals surface area (Å²) in [5.41, 5.74) is 3.05. The number of hydrogen-bond donors (Lipinski definition) is 1. The van der Waals surface area contributed by atoms with E-state index >= 15 is 0 Å². The quantitative estimate of drug-likeness (QED) is 0.516. The number of amides is 1. The summed E-state index contributed by atoms with van der Waals surface area (Å²) < 4.78 is 33.6. The third-order valence-electron chi connectivity index (χ3n) is 5.86. The van der Waals surface area contributed by atoms with Crippen molar-refractivity contribution in [1.29, 1.82) is 0 Å². The lowest BCUT2D eigenvalue weighted by Crippen LogP contribution is -2.41. The number of nitrogens with zero attached hydrogens (tertiary/aromatic N) is 1. The fourth-order valence-electron chi connectivity index (χ4n) is 3.98. The van der Waals surface area contributed by atoms with Crippen LogP contribution in [0.4, 0.5) is 5.69 Å². The number of halogens is 2. The molecule has 0 unspecified atom stereocenters. The SMILES string of the molecule is CCc1cc(Br)cc(CC)c1NC(=O)C1CCN(S(=O)(=O)c2ccc(OC)c(Cl)c2)CC1. The van der Waals surface area contributed by atoms with Crippen molar-refractivity contribution in [1.82, 2.24) is 4.31 Å². The average Bonchev–Trinajstić information content (AvgIpc) is 2.79. The number of nitrogens with one attached hydrogen (secondary N) is 1. The monoisotopic (exact) mass is 542 g/mol. The van der Waals surface area contributed by atoms with Crippen molar-refractivity contribution >= 4 is 49.1 Å². The zero-order chi connectivity index (χ0) is 23.5. The first kappa shape index (κ1) is 25.0. The summed E-state index contributed by atoms with van der Waals surface area (Å²) >= 11 is 9.65. The van der Waals surface area contributed by atoms with Crippen molar-refractivity contribution in [3.05, 3.63) is 51.0 Å². The number of aryl methyl sites for hydroxylation is 2. The molecular formula is C23H28BrClN2O4S. The summed E-state index contributed by atoms with van der Waals surface area (Å²) in [4.78, 5) is 13.1. The molecule has 0 saturated carbocycles. The molecule has 1 saturated heterocycles. The summed E-state index contributed by atoms with van der Waals surface area (Å²) in [7, 11) is -2.21. The van der Waals surface area contributed by atoms with E-state index in [2.05, 4.69) is 35.1 Å². The molecule has 2 aromatic carbocycles. The molecule has 1 amide bonds. The van der Waals surface area contributed by atoms with E-state index in [1.165, 1.54) is 23.5 Å². The van der Waals surface area contributed by atoms with Crippen molar-refractivity contribution in [2.24, 2.45) is 5.92 Å². The van der Waals surface area contributed by atoms with Gasteiger partial charge in [-0.25, -0.2) is 8.42 Å². The number of ether oxygens (including phenoxy) is 1. The standard InChI is InChI=1S/C23H28BrClN2O4S/c1-4-15-12-18(24)13-16(5-2)22(15)26-23(28)17-8-10-27(11-9-17)32(29,30)19-6-7-21(31-3)20(25)14-19/h6-7,12-14,17H,4-5,8-11H2,1-3H3,(H,26,28). The Morgan fingerprint density at radius 1 is 1.16 bits per heavy atom. The molecule has 1 aliphatic heterocycles. The first-order valence-corrected chi connectivity index (χ1v) is 13.3. The minimum absolute atomic E-state index is 0.0544. The highest BCUT2D eigenvalue weighted by atomic mass is 79.9. The van der Waals surface area contributed by atoms with Crippen molar-refractivity contribution in [3.8, 4) is 5.75 Å². The van der Waals surface area contributed by atoms with Gasteiger partial charge in [-0.3, -0.25) is 4.79 Å². The van der Waals surface area contributed by atoms with Crippen LogP contribution < -0.4 is 10.1 Å². The Morgan fingerprint density at radius 3 is 2.25 bits per heavy atom. The summed E-state index contributed by atoms with van der Waals surface area (Å²) in [6.45, 7) is 4.69. The van der Waals surface area contributed by atoms with E-state index in [4.69, 9.17) is 16.3 Å². The predicted molar refractivity (Wildman–Crippen MR) is 131 cm³/mol. The second-order valence-corrected chi connectivity index (χ2v) is 11.0. The number of carbonyl (C=O) groups is 1. The molecule has 0 atom stereocenters. The molecule has 1 N–H and O–H groups in total. The zero-order valence-electron chi connectivity index (χ0n) is 18.5. The number of methoxy groups -OCH3 is 1. The van der Waals surface area contributed by atoms with Gasteiger partial charge in [-0.05, 0) is 67.1 Å². The van der Waals surface area contributed by atoms with Crippen LogP contribution >= 0.6 is 27.5 Å². The molecule has 6 nitrogen and oxygen atoms in total. The van der Waals surface area contributed by atoms with Crippen LogP contribution in [0.5, 0.6) is 5.75 Å². The van der Waals surface area contributed by atoms with E-state index in [0.29, 0.717) is 18.6 Å². The van der Waals surface area contributed by atoms with Crippen LogP contribution in [0.25, 0.3) is 0 Å². The minimum Gasteiger partial charge on any atom is -0.495 e. The van der Waals surface area contributed by atoms with Gasteiger partial charge < -0.3 is 10.1 Å². The van der Waals surface area contributed by atoms with E-state index < -0.39 is 10.0 Å². The second kappa shape index (κ2) is 10.5. The van der Waals surface area contributed by atoms with Crippen molar-refractivity contribution in [2.45, 2.75) is 44.4 Å². The molecule has 174 valence electrons. The molecule has 0 radical (unpaired) electrons. The van der Waals surface area contributed by atoms with E-state index in [0.717, 1.165) is 34.1 Å². The highest BCUT2D eigenvalue weighted by Crippen LogP contribution is 2.32. The van der Waals surface area contributed by atoms with Gasteiger partial charge in [-0.1, -0.05) is 41.4 Å². The highest BCUT2D eigenvalue weighted by molar-refractivity contribution is 9.10. The van der Waals surface area contributed by atoms with Crippen LogP contribution in [0.1, 0.15) is 37.8 Å². The van der Waals surface area contributed by atoms with Crippen LogP contribution in [0, 0.1) is 5.92 Å². The number of carbonyl (C=O) groups excluding carboxylic acids is 1.